The van der Waals surface area contributed by atoms with Crippen molar-refractivity contribution in [1.29, 1.82) is 0 Å². The molecule has 0 saturated carbocycles. The van der Waals surface area contributed by atoms with E-state index in [1.807, 2.05) is 13.8 Å². The second kappa shape index (κ2) is 21.0. The molecule has 3 aromatic rings. The summed E-state index contributed by atoms with van der Waals surface area (Å²) in [5.41, 5.74) is 7.50. The first kappa shape index (κ1) is 47.2. The molecule has 0 aliphatic heterocycles. The van der Waals surface area contributed by atoms with Crippen LogP contribution in [0, 0.1) is 5.92 Å². The average Bonchev–Trinajstić information content (AvgIpc) is 3.12. The van der Waals surface area contributed by atoms with E-state index in [0.29, 0.717) is 11.6 Å². The summed E-state index contributed by atoms with van der Waals surface area (Å²) in [6.45, 7) is 7.72. The lowest BCUT2D eigenvalue weighted by Gasteiger charge is -2.27. The van der Waals surface area contributed by atoms with Crippen LogP contribution in [-0.2, 0) is 36.5 Å². The minimum absolute atomic E-state index is 0.0327. The molecule has 3 rings (SSSR count). The zero-order valence-electron chi connectivity index (χ0n) is 33.3. The van der Waals surface area contributed by atoms with Crippen LogP contribution < -0.4 is 43.7 Å². The second-order valence-electron chi connectivity index (χ2n) is 15.0. The number of aliphatic hydroxyl groups excluding tert-OH is 1. The minimum Gasteiger partial charge on any atom is -0.444 e. The standard InChI is InChI=1S/C39H51F3N8O9/c1-21(2)16-27(50-37(57)59-38(3,4)5)33(54)48-28(17-22-10-7-6-8-11-22)34(55)49-29(20-51)35(56)47-26(12-9-15-45-36(43)44)32(53)46-23-13-14-24-25(39(40,41)42)19-31(52)58-30(24)18-23/h6-8,10-11,13-14,18-19,21,26-29,51H,9,12,15-17,20H2,1-5H3,(H,46,53)(H,47,56)(H,48,54)(H,49,55)(H,50,57)(H4,43,44,45)/t26-,27-,28-,29-/m0/s1. The molecule has 0 aliphatic carbocycles. The Hall–Kier alpha value is -6.18. The number of alkyl halides is 3. The lowest BCUT2D eigenvalue weighted by atomic mass is 10.0. The summed E-state index contributed by atoms with van der Waals surface area (Å²) in [6, 6.07) is 6.56. The van der Waals surface area contributed by atoms with Crippen LogP contribution >= 0.6 is 0 Å². The maximum atomic E-state index is 13.8. The second-order valence-corrected chi connectivity index (χ2v) is 15.0. The molecule has 0 radical (unpaired) electrons. The van der Waals surface area contributed by atoms with Crippen molar-refractivity contribution in [2.45, 2.75) is 96.2 Å². The van der Waals surface area contributed by atoms with E-state index in [0.717, 1.165) is 18.2 Å². The molecule has 0 aliphatic rings. The van der Waals surface area contributed by atoms with E-state index >= 15 is 0 Å². The van der Waals surface area contributed by atoms with Gasteiger partial charge in [-0.3, -0.25) is 24.2 Å². The van der Waals surface area contributed by atoms with Crippen LogP contribution in [0.4, 0.5) is 23.7 Å². The highest BCUT2D eigenvalue weighted by molar-refractivity contribution is 6.00. The zero-order valence-corrected chi connectivity index (χ0v) is 33.3. The number of nitrogens with two attached hydrogens (primary N) is 2. The predicted molar refractivity (Wildman–Crippen MR) is 212 cm³/mol. The van der Waals surface area contributed by atoms with Crippen LogP contribution in [0.3, 0.4) is 0 Å². The molecule has 5 amide bonds. The van der Waals surface area contributed by atoms with E-state index in [9.17, 15) is 47.0 Å². The number of carbonyl (C=O) groups excluding carboxylic acids is 5. The molecule has 0 fully saturated rings. The first-order chi connectivity index (χ1) is 27.6. The Morgan fingerprint density at radius 1 is 0.831 bits per heavy atom. The van der Waals surface area contributed by atoms with Crippen LogP contribution in [-0.4, -0.2) is 83.7 Å². The number of alkyl carbamates (subject to hydrolysis) is 1. The summed E-state index contributed by atoms with van der Waals surface area (Å²) in [5, 5.41) is 22.3. The van der Waals surface area contributed by atoms with Crippen LogP contribution in [0.15, 0.2) is 68.8 Å². The van der Waals surface area contributed by atoms with E-state index in [1.54, 1.807) is 51.1 Å². The Bertz CT molecular complexity index is 2030. The number of rotatable bonds is 18. The van der Waals surface area contributed by atoms with Crippen molar-refractivity contribution in [3.05, 3.63) is 76.1 Å². The Morgan fingerprint density at radius 2 is 1.44 bits per heavy atom. The third kappa shape index (κ3) is 15.6. The molecule has 2 aromatic carbocycles. The molecule has 0 unspecified atom stereocenters. The van der Waals surface area contributed by atoms with Crippen LogP contribution in [0.1, 0.15) is 65.0 Å². The van der Waals surface area contributed by atoms with Gasteiger partial charge < -0.3 is 52.3 Å². The van der Waals surface area contributed by atoms with Crippen molar-refractivity contribution in [2.75, 3.05) is 18.5 Å². The Balaban J connectivity index is 1.85. The van der Waals surface area contributed by atoms with Crippen molar-refractivity contribution in [2.24, 2.45) is 22.4 Å². The van der Waals surface area contributed by atoms with Crippen molar-refractivity contribution >= 4 is 52.3 Å². The van der Waals surface area contributed by atoms with E-state index in [2.05, 4.69) is 31.6 Å². The number of nitrogens with one attached hydrogen (secondary N) is 5. The molecule has 17 nitrogen and oxygen atoms in total. The minimum atomic E-state index is -4.87. The van der Waals surface area contributed by atoms with E-state index in [1.165, 1.54) is 0 Å². The van der Waals surface area contributed by atoms with Gasteiger partial charge in [0.05, 0.1) is 12.2 Å². The molecular formula is C39H51F3N8O9. The smallest absolute Gasteiger partial charge is 0.417 e. The molecule has 0 bridgehead atoms. The van der Waals surface area contributed by atoms with Gasteiger partial charge in [0.2, 0.25) is 23.6 Å². The SMILES string of the molecule is CC(C)C[C@H](NC(=O)OC(C)(C)C)C(=O)N[C@@H](Cc1ccccc1)C(=O)N[C@@H](CO)C(=O)N[C@@H](CCCN=C(N)N)C(=O)Nc1ccc2c(C(F)(F)F)cc(=O)oc2c1. The molecule has 59 heavy (non-hydrogen) atoms. The van der Waals surface area contributed by atoms with Crippen molar-refractivity contribution in [3.63, 3.8) is 0 Å². The normalized spacial score (nSPS) is 13.7. The van der Waals surface area contributed by atoms with Crippen LogP contribution in [0.25, 0.3) is 11.0 Å². The Kier molecular flexibility index (Phi) is 16.8. The molecule has 322 valence electrons. The average molecular weight is 833 g/mol. The molecule has 0 spiro atoms. The molecule has 20 heteroatoms. The lowest BCUT2D eigenvalue weighted by Crippen LogP contribution is -2.59. The fourth-order valence-electron chi connectivity index (χ4n) is 5.70. The number of aliphatic hydroxyl groups is 1. The number of anilines is 1. The number of guanidine groups is 1. The molecule has 4 atom stereocenters. The maximum Gasteiger partial charge on any atom is 0.417 e. The number of carbonyl (C=O) groups is 5. The van der Waals surface area contributed by atoms with Crippen LogP contribution in [0.5, 0.6) is 0 Å². The third-order valence-corrected chi connectivity index (χ3v) is 8.34. The van der Waals surface area contributed by atoms with E-state index in [4.69, 9.17) is 20.6 Å². The van der Waals surface area contributed by atoms with Gasteiger partial charge in [0, 0.05) is 36.2 Å². The molecule has 1 aromatic heterocycles. The van der Waals surface area contributed by atoms with Crippen molar-refractivity contribution in [3.8, 4) is 0 Å². The Morgan fingerprint density at radius 3 is 2.03 bits per heavy atom. The number of fused-ring (bicyclic) bond motifs is 1. The van der Waals surface area contributed by atoms with Gasteiger partial charge in [0.25, 0.3) is 0 Å². The largest absolute Gasteiger partial charge is 0.444 e. The first-order valence-corrected chi connectivity index (χ1v) is 18.6. The summed E-state index contributed by atoms with van der Waals surface area (Å²) in [7, 11) is 0. The number of ether oxygens (including phenoxy) is 1. The Labute approximate surface area is 337 Å². The van der Waals surface area contributed by atoms with E-state index in [-0.39, 0.29) is 49.8 Å². The third-order valence-electron chi connectivity index (χ3n) is 8.34. The highest BCUT2D eigenvalue weighted by Gasteiger charge is 2.35. The fourth-order valence-corrected chi connectivity index (χ4v) is 5.70. The molecule has 1 heterocycles. The lowest BCUT2D eigenvalue weighted by molar-refractivity contribution is -0.136. The molecule has 10 N–H and O–H groups in total. The van der Waals surface area contributed by atoms with Gasteiger partial charge >= 0.3 is 17.9 Å². The number of nitrogens with zero attached hydrogens (tertiary/aromatic N) is 1. The van der Waals surface area contributed by atoms with Crippen LogP contribution in [0.2, 0.25) is 0 Å². The van der Waals surface area contributed by atoms with Gasteiger partial charge in [-0.2, -0.15) is 13.2 Å². The summed E-state index contributed by atoms with van der Waals surface area (Å²) < 4.78 is 51.0. The fraction of sp³-hybridized carbons (Fsp3) is 0.462. The summed E-state index contributed by atoms with van der Waals surface area (Å²) in [5.74, 6) is -3.80. The van der Waals surface area contributed by atoms with Gasteiger partial charge in [-0.25, -0.2) is 9.59 Å². The molecular weight excluding hydrogens is 781 g/mol. The quantitative estimate of drug-likeness (QED) is 0.0399. The number of halogens is 3. The predicted octanol–water partition coefficient (Wildman–Crippen LogP) is 2.43. The number of aliphatic imine (C=N–C) groups is 1. The summed E-state index contributed by atoms with van der Waals surface area (Å²) >= 11 is 0. The number of hydrogen-bond donors (Lipinski definition) is 8. The highest BCUT2D eigenvalue weighted by atomic mass is 19.4. The van der Waals surface area contributed by atoms with Gasteiger partial charge in [-0.05, 0) is 63.6 Å². The summed E-state index contributed by atoms with van der Waals surface area (Å²) in [4.78, 5) is 82.9. The maximum absolute atomic E-state index is 13.8. The van der Waals surface area contributed by atoms with Gasteiger partial charge in [0.15, 0.2) is 5.96 Å². The summed E-state index contributed by atoms with van der Waals surface area (Å²) in [6.07, 6.45) is -5.57. The van der Waals surface area contributed by atoms with Crippen molar-refractivity contribution in [1.82, 2.24) is 21.3 Å². The highest BCUT2D eigenvalue weighted by Crippen LogP contribution is 2.34. The first-order valence-electron chi connectivity index (χ1n) is 18.6. The van der Waals surface area contributed by atoms with Crippen molar-refractivity contribution < 1.29 is 51.4 Å². The monoisotopic (exact) mass is 832 g/mol. The van der Waals surface area contributed by atoms with Gasteiger partial charge in [0.1, 0.15) is 35.4 Å². The zero-order chi connectivity index (χ0) is 44.1. The van der Waals surface area contributed by atoms with E-state index < -0.39 is 94.4 Å². The van der Waals surface area contributed by atoms with Gasteiger partial charge in [-0.1, -0.05) is 44.2 Å². The molecule has 0 saturated heterocycles. The topological polar surface area (TPSA) is 270 Å². The van der Waals surface area contributed by atoms with Gasteiger partial charge in [-0.15, -0.1) is 0 Å². The number of amides is 5. The number of benzene rings is 2. The number of hydrogen-bond acceptors (Lipinski definition) is 10.